The van der Waals surface area contributed by atoms with Gasteiger partial charge < -0.3 is 16.0 Å². The molecule has 1 heterocycles. The van der Waals surface area contributed by atoms with Crippen molar-refractivity contribution in [3.63, 3.8) is 0 Å². The maximum Gasteiger partial charge on any atom is 0.236 e. The van der Waals surface area contributed by atoms with Gasteiger partial charge in [0.15, 0.2) is 0 Å². The lowest BCUT2D eigenvalue weighted by atomic mass is 10.2. The molecule has 4 nitrogen and oxygen atoms in total. The minimum absolute atomic E-state index is 0.0206. The van der Waals surface area contributed by atoms with Crippen molar-refractivity contribution in [3.8, 4) is 0 Å². The fraction of sp³-hybridized carbons (Fsp3) is 0.900. The van der Waals surface area contributed by atoms with Crippen LogP contribution in [0.25, 0.3) is 0 Å². The Morgan fingerprint density at radius 3 is 2.93 bits per heavy atom. The molecule has 2 atom stereocenters. The minimum atomic E-state index is -0.346. The average Bonchev–Trinajstić information content (AvgIpc) is 2.59. The summed E-state index contributed by atoms with van der Waals surface area (Å²) in [5.74, 6) is -0.0206. The van der Waals surface area contributed by atoms with Gasteiger partial charge in [0.05, 0.1) is 6.04 Å². The number of amides is 1. The van der Waals surface area contributed by atoms with Gasteiger partial charge in [0, 0.05) is 12.6 Å². The zero-order chi connectivity index (χ0) is 10.6. The number of nitrogens with zero attached hydrogens (tertiary/aromatic N) is 1. The quantitative estimate of drug-likeness (QED) is 0.666. The van der Waals surface area contributed by atoms with E-state index in [4.69, 9.17) is 5.73 Å². The van der Waals surface area contributed by atoms with Crippen molar-refractivity contribution < 1.29 is 4.79 Å². The van der Waals surface area contributed by atoms with Crippen LogP contribution in [0.1, 0.15) is 26.2 Å². The smallest absolute Gasteiger partial charge is 0.236 e. The maximum absolute atomic E-state index is 11.4. The lowest BCUT2D eigenvalue weighted by molar-refractivity contribution is -0.122. The second-order valence-electron chi connectivity index (χ2n) is 4.04. The zero-order valence-electron chi connectivity index (χ0n) is 9.12. The molecular formula is C10H21N3O. The van der Waals surface area contributed by atoms with Gasteiger partial charge >= 0.3 is 0 Å². The second kappa shape index (κ2) is 5.32. The molecule has 1 aliphatic heterocycles. The van der Waals surface area contributed by atoms with E-state index in [0.717, 1.165) is 13.1 Å². The number of carbonyl (C=O) groups excluding carboxylic acids is 1. The molecule has 0 aromatic carbocycles. The van der Waals surface area contributed by atoms with Gasteiger partial charge in [0.1, 0.15) is 0 Å². The monoisotopic (exact) mass is 199 g/mol. The van der Waals surface area contributed by atoms with E-state index in [1.807, 2.05) is 6.92 Å². The fourth-order valence-electron chi connectivity index (χ4n) is 1.77. The van der Waals surface area contributed by atoms with E-state index in [-0.39, 0.29) is 11.9 Å². The molecule has 0 saturated carbocycles. The Balaban J connectivity index is 2.22. The summed E-state index contributed by atoms with van der Waals surface area (Å²) in [6.07, 6.45) is 3.11. The van der Waals surface area contributed by atoms with Crippen LogP contribution in [0.15, 0.2) is 0 Å². The van der Waals surface area contributed by atoms with Gasteiger partial charge in [-0.05, 0) is 32.9 Å². The van der Waals surface area contributed by atoms with Crippen LogP contribution in [0.5, 0.6) is 0 Å². The summed E-state index contributed by atoms with van der Waals surface area (Å²) in [6, 6.07) is 0.157. The molecule has 0 bridgehead atoms. The van der Waals surface area contributed by atoms with Crippen molar-refractivity contribution in [2.75, 3.05) is 20.1 Å². The molecule has 0 radical (unpaired) electrons. The zero-order valence-corrected chi connectivity index (χ0v) is 9.12. The Kier molecular flexibility index (Phi) is 4.35. The Labute approximate surface area is 85.8 Å². The third kappa shape index (κ3) is 2.96. The lowest BCUT2D eigenvalue weighted by Gasteiger charge is -2.20. The van der Waals surface area contributed by atoms with E-state index in [1.165, 1.54) is 12.8 Å². The summed E-state index contributed by atoms with van der Waals surface area (Å²) in [6.45, 7) is 3.80. The highest BCUT2D eigenvalue weighted by atomic mass is 16.2. The number of hydrogen-bond donors (Lipinski definition) is 2. The van der Waals surface area contributed by atoms with Crippen molar-refractivity contribution in [2.24, 2.45) is 5.73 Å². The van der Waals surface area contributed by atoms with Crippen LogP contribution in [0, 0.1) is 0 Å². The van der Waals surface area contributed by atoms with Gasteiger partial charge in [-0.25, -0.2) is 0 Å². The van der Waals surface area contributed by atoms with Crippen LogP contribution < -0.4 is 11.1 Å². The van der Waals surface area contributed by atoms with Gasteiger partial charge in [-0.15, -0.1) is 0 Å². The number of likely N-dealkylation sites (N-methyl/N-ethyl adjacent to an activating group) is 1. The molecule has 4 heteroatoms. The molecule has 0 spiro atoms. The van der Waals surface area contributed by atoms with E-state index in [0.29, 0.717) is 12.5 Å². The van der Waals surface area contributed by atoms with Gasteiger partial charge in [0.25, 0.3) is 0 Å². The van der Waals surface area contributed by atoms with E-state index < -0.39 is 0 Å². The Morgan fingerprint density at radius 2 is 2.43 bits per heavy atom. The second-order valence-corrected chi connectivity index (χ2v) is 4.04. The fourth-order valence-corrected chi connectivity index (χ4v) is 1.77. The Bertz CT molecular complexity index is 196. The normalized spacial score (nSPS) is 24.9. The summed E-state index contributed by atoms with van der Waals surface area (Å²) < 4.78 is 0. The van der Waals surface area contributed by atoms with Crippen molar-refractivity contribution in [2.45, 2.75) is 38.3 Å². The molecule has 1 unspecified atom stereocenters. The highest BCUT2D eigenvalue weighted by molar-refractivity contribution is 5.81. The first-order valence-electron chi connectivity index (χ1n) is 5.38. The van der Waals surface area contributed by atoms with Crippen LogP contribution in [-0.2, 0) is 4.79 Å². The van der Waals surface area contributed by atoms with Crippen molar-refractivity contribution >= 4 is 5.91 Å². The minimum Gasteiger partial charge on any atom is -0.353 e. The standard InChI is InChI=1S/C10H21N3O/c1-3-9(11)10(14)12-7-8-5-4-6-13(8)2/h8-9H,3-7,11H2,1-2H3,(H,12,14)/t8?,9-/m0/s1. The Hall–Kier alpha value is -0.610. The van der Waals surface area contributed by atoms with E-state index >= 15 is 0 Å². The van der Waals surface area contributed by atoms with E-state index in [9.17, 15) is 4.79 Å². The number of carbonyl (C=O) groups is 1. The number of nitrogens with two attached hydrogens (primary N) is 1. The molecule has 0 aromatic rings. The summed E-state index contributed by atoms with van der Waals surface area (Å²) in [7, 11) is 2.10. The first-order valence-corrected chi connectivity index (χ1v) is 5.38. The van der Waals surface area contributed by atoms with Crippen LogP contribution >= 0.6 is 0 Å². The molecular weight excluding hydrogens is 178 g/mol. The van der Waals surface area contributed by atoms with Crippen LogP contribution in [-0.4, -0.2) is 43.0 Å². The number of nitrogens with one attached hydrogen (secondary N) is 1. The largest absolute Gasteiger partial charge is 0.353 e. The third-order valence-electron chi connectivity index (χ3n) is 2.96. The van der Waals surface area contributed by atoms with Crippen molar-refractivity contribution in [1.29, 1.82) is 0 Å². The number of hydrogen-bond acceptors (Lipinski definition) is 3. The van der Waals surface area contributed by atoms with E-state index in [1.54, 1.807) is 0 Å². The van der Waals surface area contributed by atoms with Gasteiger partial charge in [-0.1, -0.05) is 6.92 Å². The van der Waals surface area contributed by atoms with Gasteiger partial charge in [-0.2, -0.15) is 0 Å². The molecule has 1 fully saturated rings. The topological polar surface area (TPSA) is 58.4 Å². The summed E-state index contributed by atoms with van der Waals surface area (Å²) >= 11 is 0. The highest BCUT2D eigenvalue weighted by Gasteiger charge is 2.21. The molecule has 0 aliphatic carbocycles. The molecule has 1 saturated heterocycles. The molecule has 1 aliphatic rings. The number of likely N-dealkylation sites (tertiary alicyclic amines) is 1. The summed E-state index contributed by atoms with van der Waals surface area (Å²) in [5, 5.41) is 2.90. The first kappa shape index (κ1) is 11.5. The Morgan fingerprint density at radius 1 is 1.71 bits per heavy atom. The summed E-state index contributed by atoms with van der Waals surface area (Å²) in [5.41, 5.74) is 5.61. The predicted molar refractivity (Wildman–Crippen MR) is 56.9 cm³/mol. The predicted octanol–water partition coefficient (Wildman–Crippen LogP) is -0.0659. The first-order chi connectivity index (χ1) is 6.65. The van der Waals surface area contributed by atoms with Crippen molar-refractivity contribution in [1.82, 2.24) is 10.2 Å². The van der Waals surface area contributed by atoms with Crippen LogP contribution in [0.3, 0.4) is 0 Å². The lowest BCUT2D eigenvalue weighted by Crippen LogP contribution is -2.45. The highest BCUT2D eigenvalue weighted by Crippen LogP contribution is 2.13. The van der Waals surface area contributed by atoms with Crippen LogP contribution in [0.4, 0.5) is 0 Å². The summed E-state index contributed by atoms with van der Waals surface area (Å²) in [4.78, 5) is 13.7. The molecule has 3 N–H and O–H groups in total. The SMILES string of the molecule is CC[C@H](N)C(=O)NCC1CCCN1C. The molecule has 14 heavy (non-hydrogen) atoms. The van der Waals surface area contributed by atoms with Gasteiger partial charge in [-0.3, -0.25) is 4.79 Å². The molecule has 1 rings (SSSR count). The third-order valence-corrected chi connectivity index (χ3v) is 2.96. The molecule has 82 valence electrons. The maximum atomic E-state index is 11.4. The van der Waals surface area contributed by atoms with Gasteiger partial charge in [0.2, 0.25) is 5.91 Å². The molecule has 1 amide bonds. The average molecular weight is 199 g/mol. The van der Waals surface area contributed by atoms with Crippen LogP contribution in [0.2, 0.25) is 0 Å². The molecule has 0 aromatic heterocycles. The number of rotatable bonds is 4. The van der Waals surface area contributed by atoms with E-state index in [2.05, 4.69) is 17.3 Å². The van der Waals surface area contributed by atoms with Crippen molar-refractivity contribution in [3.05, 3.63) is 0 Å².